The zero-order chi connectivity index (χ0) is 17.7. The fourth-order valence-corrected chi connectivity index (χ4v) is 7.35. The molecule has 0 saturated heterocycles. The molecule has 0 N–H and O–H groups in total. The molecular formula is C19H27BrN2O3. The number of alkyl halides is 1. The number of aromatic nitrogens is 2. The van der Waals surface area contributed by atoms with Crippen molar-refractivity contribution in [2.24, 2.45) is 23.2 Å². The van der Waals surface area contributed by atoms with Gasteiger partial charge in [-0.05, 0) is 61.7 Å². The van der Waals surface area contributed by atoms with E-state index in [9.17, 15) is 4.79 Å². The van der Waals surface area contributed by atoms with Gasteiger partial charge in [-0.3, -0.25) is 4.79 Å². The molecule has 1 aromatic heterocycles. The van der Waals surface area contributed by atoms with Crippen LogP contribution in [-0.2, 0) is 22.6 Å². The highest BCUT2D eigenvalue weighted by atomic mass is 79.9. The zero-order valence-electron chi connectivity index (χ0n) is 15.1. The summed E-state index contributed by atoms with van der Waals surface area (Å²) in [6, 6.07) is 0. The van der Waals surface area contributed by atoms with E-state index in [1.54, 1.807) is 0 Å². The fourth-order valence-electron chi connectivity index (χ4n) is 5.84. The first kappa shape index (κ1) is 17.5. The number of nitrogens with zero attached hydrogens (tertiary/aromatic N) is 2. The van der Waals surface area contributed by atoms with Crippen molar-refractivity contribution in [2.75, 3.05) is 0 Å². The zero-order valence-corrected chi connectivity index (χ0v) is 16.7. The minimum atomic E-state index is -0.123. The van der Waals surface area contributed by atoms with E-state index < -0.39 is 0 Å². The Hall–Kier alpha value is -0.910. The summed E-state index contributed by atoms with van der Waals surface area (Å²) < 4.78 is 10.9. The van der Waals surface area contributed by atoms with Gasteiger partial charge in [0.05, 0.1) is 6.42 Å². The second kappa shape index (κ2) is 6.36. The van der Waals surface area contributed by atoms with Crippen LogP contribution in [0, 0.1) is 23.2 Å². The Morgan fingerprint density at radius 1 is 1.32 bits per heavy atom. The number of halogens is 1. The molecule has 4 fully saturated rings. The Bertz CT molecular complexity index is 643. The van der Waals surface area contributed by atoms with Gasteiger partial charge >= 0.3 is 5.97 Å². The van der Waals surface area contributed by atoms with Gasteiger partial charge in [-0.15, -0.1) is 0 Å². The highest BCUT2D eigenvalue weighted by molar-refractivity contribution is 9.10. The van der Waals surface area contributed by atoms with Crippen LogP contribution in [0.3, 0.4) is 0 Å². The van der Waals surface area contributed by atoms with Crippen LogP contribution < -0.4 is 0 Å². The first-order valence-electron chi connectivity index (χ1n) is 9.49. The number of carbonyl (C=O) groups is 1. The summed E-state index contributed by atoms with van der Waals surface area (Å²) in [5.74, 6) is 2.99. The number of rotatable bonds is 6. The SMILES string of the molecule is CC(C)Cc1noc(COC(=O)CC23CC4CC(CC(Br)(C4)C2)C3)n1. The minimum absolute atomic E-state index is 0.0896. The maximum atomic E-state index is 12.5. The van der Waals surface area contributed by atoms with Crippen molar-refractivity contribution in [3.8, 4) is 0 Å². The van der Waals surface area contributed by atoms with E-state index in [1.807, 2.05) is 0 Å². The van der Waals surface area contributed by atoms with Crippen molar-refractivity contribution in [1.82, 2.24) is 10.1 Å². The fraction of sp³-hybridized carbons (Fsp3) is 0.842. The lowest BCUT2D eigenvalue weighted by atomic mass is 9.49. The molecule has 4 aliphatic carbocycles. The number of carbonyl (C=O) groups excluding carboxylic acids is 1. The molecule has 0 aliphatic heterocycles. The second-order valence-corrected chi connectivity index (χ2v) is 10.8. The van der Waals surface area contributed by atoms with Crippen molar-refractivity contribution in [1.29, 1.82) is 0 Å². The Balaban J connectivity index is 1.33. The number of ether oxygens (including phenoxy) is 1. The molecule has 2 unspecified atom stereocenters. The highest BCUT2D eigenvalue weighted by Gasteiger charge is 2.57. The van der Waals surface area contributed by atoms with Crippen molar-refractivity contribution in [3.63, 3.8) is 0 Å². The van der Waals surface area contributed by atoms with Gasteiger partial charge in [0.15, 0.2) is 12.4 Å². The van der Waals surface area contributed by atoms with E-state index in [1.165, 1.54) is 32.1 Å². The maximum absolute atomic E-state index is 12.5. The molecule has 2 atom stereocenters. The Morgan fingerprint density at radius 2 is 2.04 bits per heavy atom. The molecule has 5 nitrogen and oxygen atoms in total. The summed E-state index contributed by atoms with van der Waals surface area (Å²) in [5.41, 5.74) is 0.141. The molecule has 0 aromatic carbocycles. The number of hydrogen-bond donors (Lipinski definition) is 0. The molecule has 6 heteroatoms. The van der Waals surface area contributed by atoms with E-state index >= 15 is 0 Å². The van der Waals surface area contributed by atoms with Crippen molar-refractivity contribution < 1.29 is 14.1 Å². The van der Waals surface area contributed by atoms with Crippen LogP contribution in [0.15, 0.2) is 4.52 Å². The van der Waals surface area contributed by atoms with Gasteiger partial charge in [0.1, 0.15) is 0 Å². The molecule has 4 aliphatic rings. The third kappa shape index (κ3) is 3.79. The molecule has 4 saturated carbocycles. The first-order chi connectivity index (χ1) is 11.8. The van der Waals surface area contributed by atoms with Crippen molar-refractivity contribution >= 4 is 21.9 Å². The molecule has 25 heavy (non-hydrogen) atoms. The van der Waals surface area contributed by atoms with E-state index in [4.69, 9.17) is 9.26 Å². The molecule has 0 amide bonds. The lowest BCUT2D eigenvalue weighted by Gasteiger charge is -2.60. The van der Waals surface area contributed by atoms with Gasteiger partial charge in [-0.2, -0.15) is 4.98 Å². The molecule has 0 radical (unpaired) electrons. The molecule has 138 valence electrons. The smallest absolute Gasteiger partial charge is 0.306 e. The van der Waals surface area contributed by atoms with Crippen molar-refractivity contribution in [2.45, 2.75) is 76.1 Å². The van der Waals surface area contributed by atoms with E-state index in [0.717, 1.165) is 24.7 Å². The van der Waals surface area contributed by atoms with Gasteiger partial charge in [0, 0.05) is 10.7 Å². The quantitative estimate of drug-likeness (QED) is 0.512. The molecule has 4 bridgehead atoms. The van der Waals surface area contributed by atoms with Gasteiger partial charge in [-0.25, -0.2) is 0 Å². The van der Waals surface area contributed by atoms with Gasteiger partial charge in [0.2, 0.25) is 0 Å². The average molecular weight is 411 g/mol. The normalized spacial score (nSPS) is 36.2. The lowest BCUT2D eigenvalue weighted by molar-refractivity contribution is -0.153. The number of esters is 1. The van der Waals surface area contributed by atoms with Gasteiger partial charge in [0.25, 0.3) is 5.89 Å². The topological polar surface area (TPSA) is 65.2 Å². The summed E-state index contributed by atoms with van der Waals surface area (Å²) in [7, 11) is 0. The third-order valence-electron chi connectivity index (χ3n) is 6.09. The van der Waals surface area contributed by atoms with E-state index in [-0.39, 0.29) is 22.3 Å². The predicted octanol–water partition coefficient (Wildman–Crippen LogP) is 4.44. The van der Waals surface area contributed by atoms with Crippen molar-refractivity contribution in [3.05, 3.63) is 11.7 Å². The lowest BCUT2D eigenvalue weighted by Crippen LogP contribution is -2.53. The second-order valence-electron chi connectivity index (χ2n) is 9.15. The molecule has 1 aromatic rings. The number of hydrogen-bond acceptors (Lipinski definition) is 5. The summed E-state index contributed by atoms with van der Waals surface area (Å²) in [6.45, 7) is 4.31. The van der Waals surface area contributed by atoms with E-state index in [2.05, 4.69) is 39.9 Å². The highest BCUT2D eigenvalue weighted by Crippen LogP contribution is 2.65. The molecular weight excluding hydrogens is 384 g/mol. The monoisotopic (exact) mass is 410 g/mol. The van der Waals surface area contributed by atoms with Crippen LogP contribution in [0.2, 0.25) is 0 Å². The summed E-state index contributed by atoms with van der Waals surface area (Å²) in [6.07, 6.45) is 8.70. The third-order valence-corrected chi connectivity index (χ3v) is 7.02. The van der Waals surface area contributed by atoms with Gasteiger partial charge < -0.3 is 9.26 Å². The summed E-state index contributed by atoms with van der Waals surface area (Å²) in [5, 5.41) is 3.94. The summed E-state index contributed by atoms with van der Waals surface area (Å²) in [4.78, 5) is 16.8. The van der Waals surface area contributed by atoms with Crippen LogP contribution in [0.5, 0.6) is 0 Å². The predicted molar refractivity (Wildman–Crippen MR) is 96.0 cm³/mol. The Morgan fingerprint density at radius 3 is 2.68 bits per heavy atom. The standard InChI is InChI=1S/C19H27BrN2O3/c1-12(2)3-15-21-16(25-22-15)10-24-17(23)9-18-5-13-4-14(6-18)8-19(20,7-13)11-18/h12-14H,3-11H2,1-2H3. The molecule has 5 rings (SSSR count). The van der Waals surface area contributed by atoms with Crippen LogP contribution in [0.4, 0.5) is 0 Å². The minimum Gasteiger partial charge on any atom is -0.456 e. The maximum Gasteiger partial charge on any atom is 0.306 e. The molecule has 1 heterocycles. The van der Waals surface area contributed by atoms with Gasteiger partial charge in [-0.1, -0.05) is 34.9 Å². The summed E-state index contributed by atoms with van der Waals surface area (Å²) >= 11 is 4.00. The van der Waals surface area contributed by atoms with Crippen LogP contribution in [0.1, 0.15) is 70.5 Å². The average Bonchev–Trinajstić information content (AvgIpc) is 2.88. The van der Waals surface area contributed by atoms with Crippen LogP contribution in [0.25, 0.3) is 0 Å². The largest absolute Gasteiger partial charge is 0.456 e. The molecule has 0 spiro atoms. The van der Waals surface area contributed by atoms with E-state index in [0.29, 0.717) is 24.1 Å². The Labute approximate surface area is 157 Å². The Kier molecular flexibility index (Phi) is 4.45. The first-order valence-corrected chi connectivity index (χ1v) is 10.3. The van der Waals surface area contributed by atoms with Crippen LogP contribution in [-0.4, -0.2) is 20.4 Å². The van der Waals surface area contributed by atoms with Crippen LogP contribution >= 0.6 is 15.9 Å².